The van der Waals surface area contributed by atoms with Gasteiger partial charge in [-0.15, -0.1) is 11.6 Å². The van der Waals surface area contributed by atoms with Crippen LogP contribution in [0.5, 0.6) is 0 Å². The number of methoxy groups -OCH3 is 1. The summed E-state index contributed by atoms with van der Waals surface area (Å²) >= 11 is 5.75. The third kappa shape index (κ3) is 3.69. The molecule has 0 aliphatic carbocycles. The van der Waals surface area contributed by atoms with Gasteiger partial charge in [0.15, 0.2) is 0 Å². The highest BCUT2D eigenvalue weighted by molar-refractivity contribution is 7.89. The van der Waals surface area contributed by atoms with E-state index in [9.17, 15) is 12.8 Å². The van der Waals surface area contributed by atoms with Crippen LogP contribution in [0.25, 0.3) is 0 Å². The summed E-state index contributed by atoms with van der Waals surface area (Å²) in [6.07, 6.45) is 0. The molecule has 4 nitrogen and oxygen atoms in total. The van der Waals surface area contributed by atoms with E-state index in [1.54, 1.807) is 13.8 Å². The van der Waals surface area contributed by atoms with E-state index < -0.39 is 15.8 Å². The Balaban J connectivity index is 3.30. The van der Waals surface area contributed by atoms with Gasteiger partial charge in [-0.2, -0.15) is 4.31 Å². The SMILES string of the molecule is CCN(C(C)COC)S(=O)(=O)c1cc(F)ccc1CCl. The average molecular weight is 324 g/mol. The summed E-state index contributed by atoms with van der Waals surface area (Å²) in [6, 6.07) is 3.26. The lowest BCUT2D eigenvalue weighted by atomic mass is 10.2. The Morgan fingerprint density at radius 1 is 1.45 bits per heavy atom. The topological polar surface area (TPSA) is 46.6 Å². The number of likely N-dealkylation sites (N-methyl/N-ethyl adjacent to an activating group) is 1. The van der Waals surface area contributed by atoms with Crippen molar-refractivity contribution in [1.82, 2.24) is 4.31 Å². The Morgan fingerprint density at radius 3 is 2.60 bits per heavy atom. The van der Waals surface area contributed by atoms with Crippen molar-refractivity contribution in [3.8, 4) is 0 Å². The molecule has 0 N–H and O–H groups in total. The molecule has 1 aromatic carbocycles. The quantitative estimate of drug-likeness (QED) is 0.725. The van der Waals surface area contributed by atoms with Crippen LogP contribution in [-0.4, -0.2) is 39.0 Å². The first-order valence-electron chi connectivity index (χ1n) is 6.23. The minimum Gasteiger partial charge on any atom is -0.383 e. The van der Waals surface area contributed by atoms with Gasteiger partial charge in [0.05, 0.1) is 11.5 Å². The van der Waals surface area contributed by atoms with Crippen LogP contribution < -0.4 is 0 Å². The predicted molar refractivity (Wildman–Crippen MR) is 76.9 cm³/mol. The number of benzene rings is 1. The van der Waals surface area contributed by atoms with Crippen LogP contribution in [0, 0.1) is 5.82 Å². The number of sulfonamides is 1. The Bertz CT molecular complexity index is 551. The predicted octanol–water partition coefficient (Wildman–Crippen LogP) is 2.61. The third-order valence-corrected chi connectivity index (χ3v) is 5.43. The zero-order valence-corrected chi connectivity index (χ0v) is 13.3. The number of alkyl halides is 1. The number of hydrogen-bond acceptors (Lipinski definition) is 3. The van der Waals surface area contributed by atoms with Crippen molar-refractivity contribution in [2.45, 2.75) is 30.7 Å². The van der Waals surface area contributed by atoms with Crippen LogP contribution in [0.15, 0.2) is 23.1 Å². The van der Waals surface area contributed by atoms with Gasteiger partial charge in [-0.1, -0.05) is 13.0 Å². The molecule has 0 aromatic heterocycles. The second-order valence-electron chi connectivity index (χ2n) is 4.40. The van der Waals surface area contributed by atoms with Crippen molar-refractivity contribution in [2.24, 2.45) is 0 Å². The van der Waals surface area contributed by atoms with Crippen molar-refractivity contribution < 1.29 is 17.5 Å². The van der Waals surface area contributed by atoms with E-state index in [1.165, 1.54) is 23.5 Å². The van der Waals surface area contributed by atoms with E-state index >= 15 is 0 Å². The van der Waals surface area contributed by atoms with E-state index in [4.69, 9.17) is 16.3 Å². The third-order valence-electron chi connectivity index (χ3n) is 2.97. The normalized spacial score (nSPS) is 13.7. The van der Waals surface area contributed by atoms with E-state index in [0.29, 0.717) is 5.56 Å². The first-order chi connectivity index (χ1) is 9.38. The van der Waals surface area contributed by atoms with Gasteiger partial charge >= 0.3 is 0 Å². The minimum absolute atomic E-state index is 0.00502. The van der Waals surface area contributed by atoms with Crippen LogP contribution in [0.4, 0.5) is 4.39 Å². The van der Waals surface area contributed by atoms with Gasteiger partial charge in [-0.3, -0.25) is 0 Å². The number of halogens is 2. The molecular formula is C13H19ClFNO3S. The van der Waals surface area contributed by atoms with Crippen molar-refractivity contribution in [2.75, 3.05) is 20.3 Å². The lowest BCUT2D eigenvalue weighted by Crippen LogP contribution is -2.41. The highest BCUT2D eigenvalue weighted by Gasteiger charge is 2.29. The lowest BCUT2D eigenvalue weighted by molar-refractivity contribution is 0.142. The van der Waals surface area contributed by atoms with Crippen LogP contribution in [0.3, 0.4) is 0 Å². The second kappa shape index (κ2) is 7.36. The summed E-state index contributed by atoms with van der Waals surface area (Å²) in [4.78, 5) is -0.0858. The van der Waals surface area contributed by atoms with Gasteiger partial charge in [0.25, 0.3) is 0 Å². The largest absolute Gasteiger partial charge is 0.383 e. The first kappa shape index (κ1) is 17.4. The van der Waals surface area contributed by atoms with E-state index in [-0.39, 0.29) is 30.0 Å². The molecule has 20 heavy (non-hydrogen) atoms. The van der Waals surface area contributed by atoms with Gasteiger partial charge in [0, 0.05) is 25.6 Å². The fourth-order valence-corrected chi connectivity index (χ4v) is 4.22. The summed E-state index contributed by atoms with van der Waals surface area (Å²) in [5.74, 6) is -0.599. The molecule has 1 aromatic rings. The molecule has 1 rings (SSSR count). The molecule has 0 heterocycles. The van der Waals surface area contributed by atoms with E-state index in [2.05, 4.69) is 0 Å². The Hall–Kier alpha value is -0.690. The Morgan fingerprint density at radius 2 is 2.10 bits per heavy atom. The first-order valence-corrected chi connectivity index (χ1v) is 8.21. The zero-order chi connectivity index (χ0) is 15.3. The van der Waals surface area contributed by atoms with Gasteiger partial charge in [0.1, 0.15) is 5.82 Å². The maximum atomic E-state index is 13.4. The number of nitrogens with zero attached hydrogens (tertiary/aromatic N) is 1. The van der Waals surface area contributed by atoms with Gasteiger partial charge in [0.2, 0.25) is 10.0 Å². The maximum Gasteiger partial charge on any atom is 0.243 e. The molecule has 0 aliphatic rings. The monoisotopic (exact) mass is 323 g/mol. The van der Waals surface area contributed by atoms with Crippen LogP contribution in [0.1, 0.15) is 19.4 Å². The number of hydrogen-bond donors (Lipinski definition) is 0. The number of rotatable bonds is 7. The van der Waals surface area contributed by atoms with E-state index in [1.807, 2.05) is 0 Å². The molecule has 0 saturated heterocycles. The standard InChI is InChI=1S/C13H19ClFNO3S/c1-4-16(10(2)9-19-3)20(17,18)13-7-12(15)6-5-11(13)8-14/h5-7,10H,4,8-9H2,1-3H3. The minimum atomic E-state index is -3.81. The molecule has 1 unspecified atom stereocenters. The fraction of sp³-hybridized carbons (Fsp3) is 0.538. The molecule has 0 radical (unpaired) electrons. The van der Waals surface area contributed by atoms with Gasteiger partial charge in [-0.25, -0.2) is 12.8 Å². The van der Waals surface area contributed by atoms with Crippen LogP contribution >= 0.6 is 11.6 Å². The highest BCUT2D eigenvalue weighted by Crippen LogP contribution is 2.24. The molecule has 0 amide bonds. The lowest BCUT2D eigenvalue weighted by Gasteiger charge is -2.27. The summed E-state index contributed by atoms with van der Waals surface area (Å²) in [5.41, 5.74) is 0.385. The van der Waals surface area contributed by atoms with Gasteiger partial charge < -0.3 is 4.74 Å². The summed E-state index contributed by atoms with van der Waals surface area (Å²) < 4.78 is 45.0. The highest BCUT2D eigenvalue weighted by atomic mass is 35.5. The smallest absolute Gasteiger partial charge is 0.243 e. The Kier molecular flexibility index (Phi) is 6.39. The van der Waals surface area contributed by atoms with Crippen LogP contribution in [-0.2, 0) is 20.6 Å². The van der Waals surface area contributed by atoms with E-state index in [0.717, 1.165) is 6.07 Å². The number of ether oxygens (including phenoxy) is 1. The molecule has 0 saturated carbocycles. The summed E-state index contributed by atoms with van der Waals surface area (Å²) in [6.45, 7) is 4.00. The molecule has 1 atom stereocenters. The van der Waals surface area contributed by atoms with Crippen molar-refractivity contribution in [1.29, 1.82) is 0 Å². The molecule has 0 spiro atoms. The second-order valence-corrected chi connectivity index (χ2v) is 6.52. The van der Waals surface area contributed by atoms with Crippen molar-refractivity contribution >= 4 is 21.6 Å². The molecule has 7 heteroatoms. The van der Waals surface area contributed by atoms with Crippen molar-refractivity contribution in [3.63, 3.8) is 0 Å². The summed E-state index contributed by atoms with van der Waals surface area (Å²) in [7, 11) is -2.31. The van der Waals surface area contributed by atoms with Crippen LogP contribution in [0.2, 0.25) is 0 Å². The van der Waals surface area contributed by atoms with Crippen molar-refractivity contribution in [3.05, 3.63) is 29.6 Å². The molecule has 0 aliphatic heterocycles. The molecule has 0 bridgehead atoms. The fourth-order valence-electron chi connectivity index (χ4n) is 2.05. The van der Waals surface area contributed by atoms with Gasteiger partial charge in [-0.05, 0) is 24.6 Å². The average Bonchev–Trinajstić information content (AvgIpc) is 2.39. The zero-order valence-electron chi connectivity index (χ0n) is 11.8. The maximum absolute atomic E-state index is 13.4. The Labute approximate surface area is 124 Å². The molecule has 114 valence electrons. The molecule has 0 fully saturated rings. The summed E-state index contributed by atoms with van der Waals surface area (Å²) in [5, 5.41) is 0. The molecular weight excluding hydrogens is 305 g/mol.